The van der Waals surface area contributed by atoms with Gasteiger partial charge in [-0.3, -0.25) is 14.4 Å². The molecule has 0 saturated carbocycles. The number of carbonyl (C=O) groups excluding carboxylic acids is 3. The van der Waals surface area contributed by atoms with Gasteiger partial charge in [0.1, 0.15) is 12.1 Å². The Morgan fingerprint density at radius 3 is 2.54 bits per heavy atom. The van der Waals surface area contributed by atoms with Gasteiger partial charge in [-0.2, -0.15) is 0 Å². The van der Waals surface area contributed by atoms with Crippen LogP contribution in [0.4, 0.5) is 10.5 Å². The van der Waals surface area contributed by atoms with Gasteiger partial charge in [0.15, 0.2) is 0 Å². The average Bonchev–Trinajstić information content (AvgIpc) is 2.80. The number of nitrogens with zero attached hydrogens (tertiary/aromatic N) is 1. The Hall–Kier alpha value is -2.61. The second-order valence-corrected chi connectivity index (χ2v) is 5.75. The first-order chi connectivity index (χ1) is 11.3. The summed E-state index contributed by atoms with van der Waals surface area (Å²) in [5.74, 6) is -2.12. The third kappa shape index (κ3) is 4.02. The van der Waals surface area contributed by atoms with Crippen LogP contribution in [0.25, 0.3) is 0 Å². The Balaban J connectivity index is 1.95. The summed E-state index contributed by atoms with van der Waals surface area (Å²) >= 11 is 5.78. The zero-order valence-electron chi connectivity index (χ0n) is 12.8. The number of carbonyl (C=O) groups is 4. The number of nitrogens with one attached hydrogen (secondary N) is 2. The minimum absolute atomic E-state index is 0.0762. The summed E-state index contributed by atoms with van der Waals surface area (Å²) in [6.45, 7) is 1.34. The van der Waals surface area contributed by atoms with Crippen molar-refractivity contribution < 1.29 is 24.3 Å². The Labute approximate surface area is 142 Å². The zero-order chi connectivity index (χ0) is 17.9. The van der Waals surface area contributed by atoms with E-state index in [9.17, 15) is 19.2 Å². The molecule has 1 unspecified atom stereocenters. The molecule has 0 aliphatic carbocycles. The van der Waals surface area contributed by atoms with Crippen LogP contribution in [-0.4, -0.2) is 41.0 Å². The molecule has 24 heavy (non-hydrogen) atoms. The third-order valence-electron chi connectivity index (χ3n) is 3.51. The van der Waals surface area contributed by atoms with Crippen molar-refractivity contribution in [2.24, 2.45) is 0 Å². The number of aliphatic carboxylic acids is 1. The molecule has 0 radical (unpaired) electrons. The van der Waals surface area contributed by atoms with E-state index in [2.05, 4.69) is 10.6 Å². The number of halogens is 1. The predicted molar refractivity (Wildman–Crippen MR) is 85.7 cm³/mol. The first-order valence-electron chi connectivity index (χ1n) is 7.22. The summed E-state index contributed by atoms with van der Waals surface area (Å²) in [4.78, 5) is 47.6. The van der Waals surface area contributed by atoms with Crippen LogP contribution in [0.15, 0.2) is 24.3 Å². The van der Waals surface area contributed by atoms with Crippen LogP contribution in [0, 0.1) is 0 Å². The molecule has 2 atom stereocenters. The van der Waals surface area contributed by atoms with Gasteiger partial charge in [0.05, 0.1) is 5.69 Å². The highest BCUT2D eigenvalue weighted by Gasteiger charge is 2.38. The van der Waals surface area contributed by atoms with E-state index in [0.29, 0.717) is 10.7 Å². The highest BCUT2D eigenvalue weighted by molar-refractivity contribution is 6.30. The molecule has 0 aromatic heterocycles. The Bertz CT molecular complexity index is 676. The molecule has 1 fully saturated rings. The lowest BCUT2D eigenvalue weighted by Crippen LogP contribution is -2.39. The second kappa shape index (κ2) is 7.31. The number of carboxylic acids is 1. The topological polar surface area (TPSA) is 116 Å². The van der Waals surface area contributed by atoms with E-state index in [1.54, 1.807) is 24.3 Å². The Morgan fingerprint density at radius 1 is 1.33 bits per heavy atom. The number of anilines is 1. The number of benzene rings is 1. The molecule has 4 amide bonds. The minimum Gasteiger partial charge on any atom is -0.480 e. The van der Waals surface area contributed by atoms with E-state index in [1.165, 1.54) is 6.92 Å². The fourth-order valence-corrected chi connectivity index (χ4v) is 2.34. The van der Waals surface area contributed by atoms with Gasteiger partial charge in [0.25, 0.3) is 5.91 Å². The predicted octanol–water partition coefficient (Wildman–Crippen LogP) is 1.13. The highest BCUT2D eigenvalue weighted by atomic mass is 35.5. The molecule has 1 aromatic carbocycles. The first-order valence-corrected chi connectivity index (χ1v) is 7.59. The van der Waals surface area contributed by atoms with Crippen molar-refractivity contribution in [1.29, 1.82) is 0 Å². The summed E-state index contributed by atoms with van der Waals surface area (Å²) in [7, 11) is 0. The minimum atomic E-state index is -1.15. The van der Waals surface area contributed by atoms with Gasteiger partial charge >= 0.3 is 12.0 Å². The Morgan fingerprint density at radius 2 is 1.96 bits per heavy atom. The first kappa shape index (κ1) is 17.7. The van der Waals surface area contributed by atoms with Crippen LogP contribution in [0.5, 0.6) is 0 Å². The van der Waals surface area contributed by atoms with Crippen LogP contribution >= 0.6 is 11.6 Å². The SMILES string of the molecule is C[C@H](NC(=O)CCC1NC(=O)N(c2ccc(Cl)cc2)C1=O)C(=O)O. The van der Waals surface area contributed by atoms with Crippen molar-refractivity contribution >= 4 is 41.1 Å². The summed E-state index contributed by atoms with van der Waals surface area (Å²) < 4.78 is 0. The molecule has 1 aliphatic rings. The largest absolute Gasteiger partial charge is 0.480 e. The second-order valence-electron chi connectivity index (χ2n) is 5.32. The highest BCUT2D eigenvalue weighted by Crippen LogP contribution is 2.23. The number of carboxylic acid groups (broad SMARTS) is 1. The fourth-order valence-electron chi connectivity index (χ4n) is 2.21. The summed E-state index contributed by atoms with van der Waals surface area (Å²) in [5, 5.41) is 14.0. The lowest BCUT2D eigenvalue weighted by Gasteiger charge is -2.13. The quantitative estimate of drug-likeness (QED) is 0.663. The van der Waals surface area contributed by atoms with Crippen molar-refractivity contribution in [3.05, 3.63) is 29.3 Å². The fraction of sp³-hybridized carbons (Fsp3) is 0.333. The molecule has 2 rings (SSSR count). The van der Waals surface area contributed by atoms with E-state index in [4.69, 9.17) is 16.7 Å². The number of imide groups is 1. The lowest BCUT2D eigenvalue weighted by atomic mass is 10.1. The molecule has 1 aliphatic heterocycles. The molecule has 128 valence electrons. The van der Waals surface area contributed by atoms with Crippen LogP contribution < -0.4 is 15.5 Å². The number of hydrogen-bond acceptors (Lipinski definition) is 4. The summed E-state index contributed by atoms with van der Waals surface area (Å²) in [5.41, 5.74) is 0.383. The van der Waals surface area contributed by atoms with Gasteiger partial charge in [-0.05, 0) is 37.6 Å². The van der Waals surface area contributed by atoms with E-state index >= 15 is 0 Å². The van der Waals surface area contributed by atoms with Gasteiger partial charge in [-0.1, -0.05) is 11.6 Å². The normalized spacial score (nSPS) is 18.2. The maximum absolute atomic E-state index is 12.3. The molecule has 1 saturated heterocycles. The number of rotatable bonds is 6. The van der Waals surface area contributed by atoms with Crippen LogP contribution in [-0.2, 0) is 14.4 Å². The molecule has 0 spiro atoms. The van der Waals surface area contributed by atoms with Gasteiger partial charge < -0.3 is 15.7 Å². The van der Waals surface area contributed by atoms with Crippen molar-refractivity contribution in [2.75, 3.05) is 4.90 Å². The van der Waals surface area contributed by atoms with Gasteiger partial charge in [-0.25, -0.2) is 9.69 Å². The van der Waals surface area contributed by atoms with Gasteiger partial charge in [0.2, 0.25) is 5.91 Å². The van der Waals surface area contributed by atoms with E-state index in [1.807, 2.05) is 0 Å². The van der Waals surface area contributed by atoms with Crippen LogP contribution in [0.3, 0.4) is 0 Å². The Kier molecular flexibility index (Phi) is 5.40. The van der Waals surface area contributed by atoms with Crippen molar-refractivity contribution in [3.8, 4) is 0 Å². The molecular formula is C15H16ClN3O5. The monoisotopic (exact) mass is 353 g/mol. The molecule has 8 nitrogen and oxygen atoms in total. The maximum atomic E-state index is 12.3. The number of amides is 4. The zero-order valence-corrected chi connectivity index (χ0v) is 13.5. The van der Waals surface area contributed by atoms with Crippen molar-refractivity contribution in [3.63, 3.8) is 0 Å². The maximum Gasteiger partial charge on any atom is 0.329 e. The molecule has 3 N–H and O–H groups in total. The van der Waals surface area contributed by atoms with Gasteiger partial charge in [0, 0.05) is 11.4 Å². The van der Waals surface area contributed by atoms with Crippen molar-refractivity contribution in [2.45, 2.75) is 31.8 Å². The smallest absolute Gasteiger partial charge is 0.329 e. The molecule has 0 bridgehead atoms. The molecular weight excluding hydrogens is 338 g/mol. The number of hydrogen-bond donors (Lipinski definition) is 3. The summed E-state index contributed by atoms with van der Waals surface area (Å²) in [6, 6.07) is 3.78. The van der Waals surface area contributed by atoms with E-state index < -0.39 is 35.9 Å². The van der Waals surface area contributed by atoms with Crippen LogP contribution in [0.1, 0.15) is 19.8 Å². The lowest BCUT2D eigenvalue weighted by molar-refractivity contribution is -0.141. The van der Waals surface area contributed by atoms with Crippen LogP contribution in [0.2, 0.25) is 5.02 Å². The van der Waals surface area contributed by atoms with Crippen molar-refractivity contribution in [1.82, 2.24) is 10.6 Å². The third-order valence-corrected chi connectivity index (χ3v) is 3.76. The standard InChI is InChI=1S/C15H16ClN3O5/c1-8(14(22)23)17-12(20)7-6-11-13(21)19(15(24)18-11)10-4-2-9(16)3-5-10/h2-5,8,11H,6-7H2,1H3,(H,17,20)(H,18,24)(H,22,23)/t8-,11?/m0/s1. The average molecular weight is 354 g/mol. The van der Waals surface area contributed by atoms with E-state index in [-0.39, 0.29) is 12.8 Å². The molecule has 9 heteroatoms. The molecule has 1 aromatic rings. The molecule has 1 heterocycles. The summed E-state index contributed by atoms with van der Waals surface area (Å²) in [6.07, 6.45) is -0.00437. The van der Waals surface area contributed by atoms with Gasteiger partial charge in [-0.15, -0.1) is 0 Å². The van der Waals surface area contributed by atoms with E-state index in [0.717, 1.165) is 4.90 Å². The number of urea groups is 1.